The van der Waals surface area contributed by atoms with Gasteiger partial charge in [0.05, 0.1) is 6.20 Å². The van der Waals surface area contributed by atoms with E-state index in [2.05, 4.69) is 37.4 Å². The summed E-state index contributed by atoms with van der Waals surface area (Å²) < 4.78 is 2.04. The van der Waals surface area contributed by atoms with E-state index >= 15 is 0 Å². The summed E-state index contributed by atoms with van der Waals surface area (Å²) in [6.45, 7) is 9.91. The van der Waals surface area contributed by atoms with Crippen LogP contribution in [-0.4, -0.2) is 22.9 Å². The number of aromatic nitrogens is 2. The fraction of sp³-hybridized carbons (Fsp3) is 0.769. The fourth-order valence-corrected chi connectivity index (χ4v) is 1.68. The van der Waals surface area contributed by atoms with E-state index in [9.17, 15) is 0 Å². The molecule has 1 heterocycles. The van der Waals surface area contributed by atoms with Crippen molar-refractivity contribution in [1.29, 1.82) is 0 Å². The molecule has 1 aromatic rings. The second kappa shape index (κ2) is 7.44. The highest BCUT2D eigenvalue weighted by Gasteiger charge is 1.95. The van der Waals surface area contributed by atoms with E-state index in [0.717, 1.165) is 25.6 Å². The van der Waals surface area contributed by atoms with Crippen LogP contribution in [-0.2, 0) is 6.54 Å². The summed E-state index contributed by atoms with van der Waals surface area (Å²) in [4.78, 5) is 0. The summed E-state index contributed by atoms with van der Waals surface area (Å²) in [5.74, 6) is 0.757. The lowest BCUT2D eigenvalue weighted by Gasteiger charge is -2.07. The Morgan fingerprint density at radius 2 is 2.12 bits per heavy atom. The van der Waals surface area contributed by atoms with Crippen LogP contribution in [0.15, 0.2) is 12.4 Å². The first-order chi connectivity index (χ1) is 7.68. The maximum absolute atomic E-state index is 4.27. The van der Waals surface area contributed by atoms with Crippen molar-refractivity contribution in [1.82, 2.24) is 15.1 Å². The van der Waals surface area contributed by atoms with Crippen LogP contribution in [0.4, 0.5) is 0 Å². The molecule has 16 heavy (non-hydrogen) atoms. The van der Waals surface area contributed by atoms with E-state index in [1.165, 1.54) is 24.8 Å². The van der Waals surface area contributed by atoms with Gasteiger partial charge in [0.2, 0.25) is 0 Å². The van der Waals surface area contributed by atoms with Crippen LogP contribution < -0.4 is 5.32 Å². The molecule has 1 N–H and O–H groups in total. The average molecular weight is 223 g/mol. The Labute approximate surface area is 99.2 Å². The highest BCUT2D eigenvalue weighted by atomic mass is 15.3. The molecule has 0 radical (unpaired) electrons. The molecule has 0 saturated carbocycles. The molecule has 3 heteroatoms. The maximum Gasteiger partial charge on any atom is 0.0518 e. The van der Waals surface area contributed by atoms with Crippen LogP contribution in [0.1, 0.15) is 38.7 Å². The second-order valence-electron chi connectivity index (χ2n) is 4.94. The topological polar surface area (TPSA) is 29.9 Å². The van der Waals surface area contributed by atoms with E-state index < -0.39 is 0 Å². The Balaban J connectivity index is 1.92. The molecule has 92 valence electrons. The molecular formula is C13H25N3. The van der Waals surface area contributed by atoms with Crippen LogP contribution in [0.25, 0.3) is 0 Å². The zero-order chi connectivity index (χ0) is 11.8. The summed E-state index contributed by atoms with van der Waals surface area (Å²) in [6.07, 6.45) is 7.81. The van der Waals surface area contributed by atoms with Crippen LogP contribution in [0.2, 0.25) is 0 Å². The summed E-state index contributed by atoms with van der Waals surface area (Å²) in [5, 5.41) is 7.74. The molecule has 1 aromatic heterocycles. The van der Waals surface area contributed by atoms with Crippen LogP contribution >= 0.6 is 0 Å². The third-order valence-corrected chi connectivity index (χ3v) is 2.56. The molecule has 0 spiro atoms. The Kier molecular flexibility index (Phi) is 6.16. The summed E-state index contributed by atoms with van der Waals surface area (Å²) in [5.41, 5.74) is 1.25. The van der Waals surface area contributed by atoms with Crippen LogP contribution in [0, 0.1) is 12.8 Å². The van der Waals surface area contributed by atoms with Crippen LogP contribution in [0.3, 0.4) is 0 Å². The molecule has 0 aliphatic carbocycles. The first kappa shape index (κ1) is 13.2. The molecular weight excluding hydrogens is 198 g/mol. The minimum absolute atomic E-state index is 0.757. The maximum atomic E-state index is 4.27. The quantitative estimate of drug-likeness (QED) is 0.687. The number of hydrogen-bond acceptors (Lipinski definition) is 2. The van der Waals surface area contributed by atoms with Gasteiger partial charge >= 0.3 is 0 Å². The van der Waals surface area contributed by atoms with Gasteiger partial charge < -0.3 is 5.32 Å². The summed E-state index contributed by atoms with van der Waals surface area (Å²) in [7, 11) is 0. The Morgan fingerprint density at radius 3 is 2.75 bits per heavy atom. The average Bonchev–Trinajstić information content (AvgIpc) is 2.62. The van der Waals surface area contributed by atoms with Gasteiger partial charge in [-0.1, -0.05) is 20.3 Å². The SMILES string of the molecule is Cc1cnn(CCCCCNCC(C)C)c1. The predicted octanol–water partition coefficient (Wildman–Crippen LogP) is 2.61. The molecule has 0 amide bonds. The first-order valence-electron chi connectivity index (χ1n) is 6.38. The molecule has 3 nitrogen and oxygen atoms in total. The second-order valence-corrected chi connectivity index (χ2v) is 4.94. The van der Waals surface area contributed by atoms with E-state index in [0.29, 0.717) is 0 Å². The lowest BCUT2D eigenvalue weighted by molar-refractivity contribution is 0.506. The largest absolute Gasteiger partial charge is 0.316 e. The van der Waals surface area contributed by atoms with Crippen molar-refractivity contribution in [3.63, 3.8) is 0 Å². The molecule has 1 rings (SSSR count). The third kappa shape index (κ3) is 5.91. The molecule has 0 bridgehead atoms. The van der Waals surface area contributed by atoms with E-state index in [1.54, 1.807) is 0 Å². The molecule has 0 unspecified atom stereocenters. The van der Waals surface area contributed by atoms with Crippen molar-refractivity contribution in [2.75, 3.05) is 13.1 Å². The molecule has 0 fully saturated rings. The Morgan fingerprint density at radius 1 is 1.31 bits per heavy atom. The Bertz CT molecular complexity index is 278. The summed E-state index contributed by atoms with van der Waals surface area (Å²) in [6, 6.07) is 0. The van der Waals surface area contributed by atoms with Gasteiger partial charge in [-0.25, -0.2) is 0 Å². The molecule has 0 atom stereocenters. The smallest absolute Gasteiger partial charge is 0.0518 e. The van der Waals surface area contributed by atoms with Gasteiger partial charge in [0.25, 0.3) is 0 Å². The zero-order valence-corrected chi connectivity index (χ0v) is 10.9. The number of hydrogen-bond donors (Lipinski definition) is 1. The number of rotatable bonds is 8. The van der Waals surface area contributed by atoms with E-state index in [1.807, 2.05) is 10.9 Å². The van der Waals surface area contributed by atoms with Crippen molar-refractivity contribution in [2.45, 2.75) is 46.6 Å². The van der Waals surface area contributed by atoms with Gasteiger partial charge in [0.1, 0.15) is 0 Å². The van der Waals surface area contributed by atoms with Gasteiger partial charge in [0.15, 0.2) is 0 Å². The van der Waals surface area contributed by atoms with Crippen molar-refractivity contribution in [3.05, 3.63) is 18.0 Å². The van der Waals surface area contributed by atoms with Crippen molar-refractivity contribution < 1.29 is 0 Å². The zero-order valence-electron chi connectivity index (χ0n) is 10.9. The molecule has 0 saturated heterocycles. The highest BCUT2D eigenvalue weighted by Crippen LogP contribution is 2.00. The third-order valence-electron chi connectivity index (χ3n) is 2.56. The molecule has 0 aliphatic heterocycles. The van der Waals surface area contributed by atoms with E-state index in [4.69, 9.17) is 0 Å². The van der Waals surface area contributed by atoms with Gasteiger partial charge in [-0.2, -0.15) is 5.10 Å². The number of nitrogens with zero attached hydrogens (tertiary/aromatic N) is 2. The lowest BCUT2D eigenvalue weighted by atomic mass is 10.2. The number of nitrogens with one attached hydrogen (secondary N) is 1. The van der Waals surface area contributed by atoms with Gasteiger partial charge in [-0.05, 0) is 44.3 Å². The lowest BCUT2D eigenvalue weighted by Crippen LogP contribution is -2.20. The van der Waals surface area contributed by atoms with Crippen molar-refractivity contribution in [2.24, 2.45) is 5.92 Å². The first-order valence-corrected chi connectivity index (χ1v) is 6.38. The Hall–Kier alpha value is -0.830. The summed E-state index contributed by atoms with van der Waals surface area (Å²) >= 11 is 0. The monoisotopic (exact) mass is 223 g/mol. The van der Waals surface area contributed by atoms with Gasteiger partial charge in [-0.15, -0.1) is 0 Å². The number of aryl methyl sites for hydroxylation is 2. The van der Waals surface area contributed by atoms with Crippen molar-refractivity contribution in [3.8, 4) is 0 Å². The minimum Gasteiger partial charge on any atom is -0.316 e. The van der Waals surface area contributed by atoms with E-state index in [-0.39, 0.29) is 0 Å². The van der Waals surface area contributed by atoms with Gasteiger partial charge in [-0.3, -0.25) is 4.68 Å². The van der Waals surface area contributed by atoms with Crippen molar-refractivity contribution >= 4 is 0 Å². The van der Waals surface area contributed by atoms with Gasteiger partial charge in [0, 0.05) is 12.7 Å². The predicted molar refractivity (Wildman–Crippen MR) is 68.5 cm³/mol. The fourth-order valence-electron chi connectivity index (χ4n) is 1.68. The normalized spacial score (nSPS) is 11.2. The van der Waals surface area contributed by atoms with Crippen LogP contribution in [0.5, 0.6) is 0 Å². The highest BCUT2D eigenvalue weighted by molar-refractivity contribution is 4.99. The molecule has 0 aliphatic rings. The standard InChI is InChI=1S/C13H25N3/c1-12(2)9-14-7-5-4-6-8-16-11-13(3)10-15-16/h10-12,14H,4-9H2,1-3H3. The minimum atomic E-state index is 0.757. The number of unbranched alkanes of at least 4 members (excludes halogenated alkanes) is 2. The molecule has 0 aromatic carbocycles.